The van der Waals surface area contributed by atoms with Crippen LogP contribution >= 0.6 is 0 Å². The molecule has 21 heavy (non-hydrogen) atoms. The van der Waals surface area contributed by atoms with E-state index >= 15 is 0 Å². The first-order valence-corrected chi connectivity index (χ1v) is 7.61. The Bertz CT molecular complexity index is 783. The minimum absolute atomic E-state index is 0.0109. The number of anilines is 1. The molecule has 0 aliphatic heterocycles. The van der Waals surface area contributed by atoms with E-state index in [-0.39, 0.29) is 21.7 Å². The molecule has 2 rings (SSSR count). The number of nitrogens with two attached hydrogens (primary N) is 2. The van der Waals surface area contributed by atoms with Crippen LogP contribution in [0.5, 0.6) is 0 Å². The molecular weight excluding hydrogens is 295 g/mol. The number of rotatable bonds is 4. The highest BCUT2D eigenvalue weighted by atomic mass is 32.2. The maximum atomic E-state index is 13.3. The molecule has 0 radical (unpaired) electrons. The van der Waals surface area contributed by atoms with Crippen molar-refractivity contribution in [2.75, 3.05) is 5.73 Å². The van der Waals surface area contributed by atoms with Crippen LogP contribution in [0.2, 0.25) is 0 Å². The van der Waals surface area contributed by atoms with Gasteiger partial charge in [-0.15, -0.1) is 0 Å². The summed E-state index contributed by atoms with van der Waals surface area (Å²) in [6, 6.07) is 9.18. The average molecular weight is 308 g/mol. The smallest absolute Gasteiger partial charge is 0.249 e. The van der Waals surface area contributed by atoms with Gasteiger partial charge in [0.2, 0.25) is 5.91 Å². The van der Waals surface area contributed by atoms with E-state index in [0.717, 1.165) is 12.1 Å². The lowest BCUT2D eigenvalue weighted by Crippen LogP contribution is -2.16. The monoisotopic (exact) mass is 308 g/mol. The lowest BCUT2D eigenvalue weighted by atomic mass is 10.1. The third-order valence-electron chi connectivity index (χ3n) is 2.88. The van der Waals surface area contributed by atoms with E-state index in [1.165, 1.54) is 18.2 Å². The molecule has 0 aliphatic carbocycles. The second kappa shape index (κ2) is 5.53. The van der Waals surface area contributed by atoms with Crippen molar-refractivity contribution in [3.8, 4) is 0 Å². The van der Waals surface area contributed by atoms with Crippen molar-refractivity contribution in [1.82, 2.24) is 0 Å². The highest BCUT2D eigenvalue weighted by Crippen LogP contribution is 2.22. The summed E-state index contributed by atoms with van der Waals surface area (Å²) in [4.78, 5) is 11.1. The summed E-state index contributed by atoms with van der Waals surface area (Å²) in [6.07, 6.45) is 0. The van der Waals surface area contributed by atoms with Crippen molar-refractivity contribution in [1.29, 1.82) is 0 Å². The molecule has 0 saturated carbocycles. The van der Waals surface area contributed by atoms with E-state index in [9.17, 15) is 17.6 Å². The molecule has 0 spiro atoms. The van der Waals surface area contributed by atoms with Crippen LogP contribution in [0, 0.1) is 5.82 Å². The van der Waals surface area contributed by atoms with Crippen molar-refractivity contribution in [2.45, 2.75) is 10.6 Å². The van der Waals surface area contributed by atoms with Gasteiger partial charge in [-0.25, -0.2) is 12.8 Å². The first-order valence-electron chi connectivity index (χ1n) is 5.96. The van der Waals surface area contributed by atoms with Gasteiger partial charge in [0.1, 0.15) is 5.82 Å². The third-order valence-corrected chi connectivity index (χ3v) is 4.53. The molecule has 0 unspecified atom stereocenters. The summed E-state index contributed by atoms with van der Waals surface area (Å²) in [5, 5.41) is 0. The summed E-state index contributed by atoms with van der Waals surface area (Å²) in [5.74, 6) is -1.93. The molecule has 1 amide bonds. The second-order valence-electron chi connectivity index (χ2n) is 4.50. The van der Waals surface area contributed by atoms with Gasteiger partial charge >= 0.3 is 0 Å². The number of carbonyl (C=O) groups excluding carboxylic acids is 1. The van der Waals surface area contributed by atoms with Crippen LogP contribution in [0.1, 0.15) is 15.9 Å². The molecule has 0 saturated heterocycles. The standard InChI is InChI=1S/C14H13FN2O3S/c15-10-5-11(16)7-12(6-10)21(19,20)8-9-3-1-2-4-13(9)14(17)18/h1-7H,8,16H2,(H2,17,18). The fourth-order valence-corrected chi connectivity index (χ4v) is 3.37. The number of hydrogen-bond donors (Lipinski definition) is 2. The van der Waals surface area contributed by atoms with Crippen molar-refractivity contribution in [2.24, 2.45) is 5.73 Å². The minimum Gasteiger partial charge on any atom is -0.399 e. The lowest BCUT2D eigenvalue weighted by molar-refractivity contribution is 0.0999. The highest BCUT2D eigenvalue weighted by molar-refractivity contribution is 7.90. The fourth-order valence-electron chi connectivity index (χ4n) is 1.94. The van der Waals surface area contributed by atoms with Crippen LogP contribution in [0.15, 0.2) is 47.4 Å². The Balaban J connectivity index is 2.45. The molecule has 110 valence electrons. The molecule has 7 heteroatoms. The Kier molecular flexibility index (Phi) is 3.95. The van der Waals surface area contributed by atoms with Gasteiger partial charge in [-0.3, -0.25) is 4.79 Å². The van der Waals surface area contributed by atoms with Gasteiger partial charge < -0.3 is 11.5 Å². The minimum atomic E-state index is -3.84. The van der Waals surface area contributed by atoms with Crippen LogP contribution in [0.4, 0.5) is 10.1 Å². The van der Waals surface area contributed by atoms with E-state index < -0.39 is 27.3 Å². The van der Waals surface area contributed by atoms with Gasteiger partial charge in [0.25, 0.3) is 0 Å². The largest absolute Gasteiger partial charge is 0.399 e. The maximum absolute atomic E-state index is 13.3. The molecule has 0 bridgehead atoms. The first kappa shape index (κ1) is 15.0. The molecule has 2 aromatic rings. The van der Waals surface area contributed by atoms with E-state index in [1.54, 1.807) is 12.1 Å². The number of sulfone groups is 1. The number of halogens is 1. The normalized spacial score (nSPS) is 11.3. The van der Waals surface area contributed by atoms with Gasteiger partial charge in [0.15, 0.2) is 9.84 Å². The van der Waals surface area contributed by atoms with Crippen LogP contribution in [0.25, 0.3) is 0 Å². The fraction of sp³-hybridized carbons (Fsp3) is 0.0714. The molecule has 4 N–H and O–H groups in total. The molecule has 0 aromatic heterocycles. The number of hydrogen-bond acceptors (Lipinski definition) is 4. The molecule has 0 aliphatic rings. The molecular formula is C14H13FN2O3S. The summed E-state index contributed by atoms with van der Waals surface area (Å²) >= 11 is 0. The Labute approximate surface area is 121 Å². The Hall–Kier alpha value is -2.41. The van der Waals surface area contributed by atoms with Crippen molar-refractivity contribution >= 4 is 21.4 Å². The second-order valence-corrected chi connectivity index (χ2v) is 6.49. The summed E-state index contributed by atoms with van der Waals surface area (Å²) in [7, 11) is -3.84. The predicted octanol–water partition coefficient (Wildman–Crippen LogP) is 1.48. The van der Waals surface area contributed by atoms with E-state index in [2.05, 4.69) is 0 Å². The summed E-state index contributed by atoms with van der Waals surface area (Å²) in [6.45, 7) is 0. The van der Waals surface area contributed by atoms with Crippen LogP contribution in [-0.2, 0) is 15.6 Å². The summed E-state index contributed by atoms with van der Waals surface area (Å²) in [5.41, 5.74) is 11.0. The van der Waals surface area contributed by atoms with E-state index in [4.69, 9.17) is 11.5 Å². The van der Waals surface area contributed by atoms with Gasteiger partial charge in [0.05, 0.1) is 10.6 Å². The zero-order valence-electron chi connectivity index (χ0n) is 10.9. The predicted molar refractivity (Wildman–Crippen MR) is 76.7 cm³/mol. The topological polar surface area (TPSA) is 103 Å². The van der Waals surface area contributed by atoms with Crippen LogP contribution < -0.4 is 11.5 Å². The lowest BCUT2D eigenvalue weighted by Gasteiger charge is -2.09. The Morgan fingerprint density at radius 2 is 1.81 bits per heavy atom. The Morgan fingerprint density at radius 3 is 2.43 bits per heavy atom. The highest BCUT2D eigenvalue weighted by Gasteiger charge is 2.20. The zero-order chi connectivity index (χ0) is 15.6. The van der Waals surface area contributed by atoms with Gasteiger partial charge in [0, 0.05) is 11.3 Å². The number of benzene rings is 2. The van der Waals surface area contributed by atoms with Crippen molar-refractivity contribution < 1.29 is 17.6 Å². The SMILES string of the molecule is NC(=O)c1ccccc1CS(=O)(=O)c1cc(N)cc(F)c1. The third kappa shape index (κ3) is 3.38. The average Bonchev–Trinajstić information content (AvgIpc) is 2.37. The molecule has 0 atom stereocenters. The van der Waals surface area contributed by atoms with Gasteiger partial charge in [-0.05, 0) is 29.8 Å². The Morgan fingerprint density at radius 1 is 1.14 bits per heavy atom. The maximum Gasteiger partial charge on any atom is 0.249 e. The number of primary amides is 1. The van der Waals surface area contributed by atoms with Gasteiger partial charge in [-0.2, -0.15) is 0 Å². The summed E-state index contributed by atoms with van der Waals surface area (Å²) < 4.78 is 37.9. The molecule has 5 nitrogen and oxygen atoms in total. The number of carbonyl (C=O) groups is 1. The zero-order valence-corrected chi connectivity index (χ0v) is 11.7. The van der Waals surface area contributed by atoms with E-state index in [1.807, 2.05) is 0 Å². The van der Waals surface area contributed by atoms with Crippen molar-refractivity contribution in [3.05, 3.63) is 59.4 Å². The molecule has 0 fully saturated rings. The van der Waals surface area contributed by atoms with Crippen molar-refractivity contribution in [3.63, 3.8) is 0 Å². The number of nitrogen functional groups attached to an aromatic ring is 1. The van der Waals surface area contributed by atoms with Crippen LogP contribution in [0.3, 0.4) is 0 Å². The first-order chi connectivity index (χ1) is 9.79. The number of amides is 1. The molecule has 0 heterocycles. The van der Waals surface area contributed by atoms with E-state index in [0.29, 0.717) is 0 Å². The molecule has 2 aromatic carbocycles. The van der Waals surface area contributed by atoms with Crippen LogP contribution in [-0.4, -0.2) is 14.3 Å². The van der Waals surface area contributed by atoms with Gasteiger partial charge in [-0.1, -0.05) is 18.2 Å². The quantitative estimate of drug-likeness (QED) is 0.835.